The van der Waals surface area contributed by atoms with Crippen LogP contribution in [0.15, 0.2) is 18.2 Å². The van der Waals surface area contributed by atoms with Crippen molar-refractivity contribution in [2.75, 3.05) is 25.4 Å². The van der Waals surface area contributed by atoms with Gasteiger partial charge in [0.25, 0.3) is 0 Å². The van der Waals surface area contributed by atoms with E-state index in [0.29, 0.717) is 18.5 Å². The van der Waals surface area contributed by atoms with Gasteiger partial charge in [-0.05, 0) is 31.6 Å². The lowest BCUT2D eigenvalue weighted by atomic mass is 10.0. The second-order valence-electron chi connectivity index (χ2n) is 4.96. The van der Waals surface area contributed by atoms with E-state index in [2.05, 4.69) is 36.7 Å². The quantitative estimate of drug-likeness (QED) is 0.847. The Labute approximate surface area is 120 Å². The van der Waals surface area contributed by atoms with Crippen LogP contribution < -0.4 is 5.73 Å². The first-order valence-corrected chi connectivity index (χ1v) is 7.23. The number of rotatable bonds is 6. The number of aliphatic hydroxyl groups is 1. The van der Waals surface area contributed by atoms with Crippen LogP contribution in [-0.2, 0) is 6.54 Å². The lowest BCUT2D eigenvalue weighted by Crippen LogP contribution is -2.26. The van der Waals surface area contributed by atoms with E-state index in [1.54, 1.807) is 0 Å². The fourth-order valence-corrected chi connectivity index (χ4v) is 2.86. The summed E-state index contributed by atoms with van der Waals surface area (Å²) in [6.45, 7) is 9.07. The molecule has 1 unspecified atom stereocenters. The molecule has 5 nitrogen and oxygen atoms in total. The van der Waals surface area contributed by atoms with Crippen LogP contribution in [0.2, 0.25) is 0 Å². The smallest absolute Gasteiger partial charge is 0.201 e. The van der Waals surface area contributed by atoms with Crippen molar-refractivity contribution < 1.29 is 5.11 Å². The highest BCUT2D eigenvalue weighted by molar-refractivity contribution is 5.82. The van der Waals surface area contributed by atoms with Crippen LogP contribution in [0.3, 0.4) is 0 Å². The SMILES string of the molecule is CCN(CC)C(C)c1cccc2nc(N)n(CCO)c12. The van der Waals surface area contributed by atoms with Crippen LogP contribution >= 0.6 is 0 Å². The summed E-state index contributed by atoms with van der Waals surface area (Å²) in [5.74, 6) is 0.466. The summed E-state index contributed by atoms with van der Waals surface area (Å²) in [5.41, 5.74) is 9.12. The Bertz CT molecular complexity index is 575. The number of nitrogens with zero attached hydrogens (tertiary/aromatic N) is 3. The summed E-state index contributed by atoms with van der Waals surface area (Å²) < 4.78 is 1.91. The molecule has 0 saturated heterocycles. The van der Waals surface area contributed by atoms with Crippen molar-refractivity contribution in [3.63, 3.8) is 0 Å². The van der Waals surface area contributed by atoms with E-state index in [0.717, 1.165) is 24.1 Å². The van der Waals surface area contributed by atoms with Crippen LogP contribution in [0.4, 0.5) is 5.95 Å². The third-order valence-corrected chi connectivity index (χ3v) is 3.96. The van der Waals surface area contributed by atoms with Gasteiger partial charge in [-0.1, -0.05) is 26.0 Å². The molecule has 110 valence electrons. The molecule has 0 spiro atoms. The Hall–Kier alpha value is -1.59. The van der Waals surface area contributed by atoms with Gasteiger partial charge in [0.05, 0.1) is 17.6 Å². The number of para-hydroxylation sites is 1. The summed E-state index contributed by atoms with van der Waals surface area (Å²) in [6, 6.07) is 6.41. The van der Waals surface area contributed by atoms with Gasteiger partial charge in [0.1, 0.15) is 0 Å². The van der Waals surface area contributed by atoms with E-state index in [9.17, 15) is 5.11 Å². The number of aromatic nitrogens is 2. The van der Waals surface area contributed by atoms with Crippen molar-refractivity contribution >= 4 is 17.0 Å². The van der Waals surface area contributed by atoms with Gasteiger partial charge in [0.15, 0.2) is 0 Å². The van der Waals surface area contributed by atoms with E-state index in [-0.39, 0.29) is 6.61 Å². The lowest BCUT2D eigenvalue weighted by Gasteiger charge is -2.27. The average molecular weight is 276 g/mol. The molecule has 3 N–H and O–H groups in total. The highest BCUT2D eigenvalue weighted by Crippen LogP contribution is 2.29. The highest BCUT2D eigenvalue weighted by atomic mass is 16.3. The number of fused-ring (bicyclic) bond motifs is 1. The lowest BCUT2D eigenvalue weighted by molar-refractivity contribution is 0.235. The molecule has 0 radical (unpaired) electrons. The van der Waals surface area contributed by atoms with E-state index in [4.69, 9.17) is 5.73 Å². The van der Waals surface area contributed by atoms with Gasteiger partial charge in [-0.25, -0.2) is 4.98 Å². The molecule has 2 rings (SSSR count). The summed E-state index contributed by atoms with van der Waals surface area (Å²) in [7, 11) is 0. The molecule has 20 heavy (non-hydrogen) atoms. The van der Waals surface area contributed by atoms with Crippen LogP contribution in [0.5, 0.6) is 0 Å². The van der Waals surface area contributed by atoms with Crippen molar-refractivity contribution in [1.29, 1.82) is 0 Å². The zero-order valence-electron chi connectivity index (χ0n) is 12.5. The Morgan fingerprint density at radius 3 is 2.65 bits per heavy atom. The number of imidazole rings is 1. The molecule has 2 aromatic rings. The maximum absolute atomic E-state index is 9.24. The second-order valence-corrected chi connectivity index (χ2v) is 4.96. The Morgan fingerprint density at radius 1 is 1.35 bits per heavy atom. The molecule has 0 bridgehead atoms. The number of hydrogen-bond acceptors (Lipinski definition) is 4. The van der Waals surface area contributed by atoms with Gasteiger partial charge in [-0.15, -0.1) is 0 Å². The predicted molar refractivity (Wildman–Crippen MR) is 82.6 cm³/mol. The van der Waals surface area contributed by atoms with Gasteiger partial charge in [-0.2, -0.15) is 0 Å². The number of aliphatic hydroxyl groups excluding tert-OH is 1. The number of anilines is 1. The first kappa shape index (κ1) is 14.8. The minimum atomic E-state index is 0.0592. The molecule has 1 aromatic heterocycles. The summed E-state index contributed by atoms with van der Waals surface area (Å²) in [6.07, 6.45) is 0. The van der Waals surface area contributed by atoms with E-state index >= 15 is 0 Å². The van der Waals surface area contributed by atoms with Gasteiger partial charge >= 0.3 is 0 Å². The standard InChI is InChI=1S/C15H24N4O/c1-4-18(5-2)11(3)12-7-6-8-13-14(12)19(9-10-20)15(16)17-13/h6-8,11,20H,4-5,9-10H2,1-3H3,(H2,16,17). The molecule has 1 atom stereocenters. The van der Waals surface area contributed by atoms with E-state index < -0.39 is 0 Å². The minimum absolute atomic E-state index is 0.0592. The molecule has 0 aliphatic heterocycles. The van der Waals surface area contributed by atoms with Crippen LogP contribution in [0.25, 0.3) is 11.0 Å². The number of benzene rings is 1. The zero-order valence-corrected chi connectivity index (χ0v) is 12.5. The molecular formula is C15H24N4O. The third kappa shape index (κ3) is 2.51. The largest absolute Gasteiger partial charge is 0.395 e. The zero-order chi connectivity index (χ0) is 14.7. The molecule has 0 saturated carbocycles. The van der Waals surface area contributed by atoms with Crippen LogP contribution in [0, 0.1) is 0 Å². The van der Waals surface area contributed by atoms with Crippen molar-refractivity contribution in [3.8, 4) is 0 Å². The topological polar surface area (TPSA) is 67.3 Å². The summed E-state index contributed by atoms with van der Waals surface area (Å²) in [4.78, 5) is 6.79. The monoisotopic (exact) mass is 276 g/mol. The summed E-state index contributed by atoms with van der Waals surface area (Å²) in [5, 5.41) is 9.24. The Kier molecular flexibility index (Phi) is 4.62. The molecule has 1 heterocycles. The van der Waals surface area contributed by atoms with Gasteiger partial charge in [0.2, 0.25) is 5.95 Å². The highest BCUT2D eigenvalue weighted by Gasteiger charge is 2.19. The second kappa shape index (κ2) is 6.24. The minimum Gasteiger partial charge on any atom is -0.395 e. The first-order chi connectivity index (χ1) is 9.63. The maximum atomic E-state index is 9.24. The van der Waals surface area contributed by atoms with Crippen LogP contribution in [0.1, 0.15) is 32.4 Å². The van der Waals surface area contributed by atoms with Crippen molar-refractivity contribution in [1.82, 2.24) is 14.5 Å². The van der Waals surface area contributed by atoms with Crippen molar-refractivity contribution in [3.05, 3.63) is 23.8 Å². The van der Waals surface area contributed by atoms with E-state index in [1.165, 1.54) is 5.56 Å². The van der Waals surface area contributed by atoms with Crippen molar-refractivity contribution in [2.24, 2.45) is 0 Å². The summed E-state index contributed by atoms with van der Waals surface area (Å²) >= 11 is 0. The number of nitrogens with two attached hydrogens (primary N) is 1. The molecule has 0 aliphatic carbocycles. The molecule has 1 aromatic carbocycles. The number of hydrogen-bond donors (Lipinski definition) is 2. The normalized spacial score (nSPS) is 13.2. The maximum Gasteiger partial charge on any atom is 0.201 e. The molecule has 5 heteroatoms. The average Bonchev–Trinajstić information content (AvgIpc) is 2.76. The molecule has 0 aliphatic rings. The fraction of sp³-hybridized carbons (Fsp3) is 0.533. The molecule has 0 amide bonds. The van der Waals surface area contributed by atoms with Gasteiger partial charge in [-0.3, -0.25) is 4.90 Å². The Balaban J connectivity index is 2.57. The predicted octanol–water partition coefficient (Wildman–Crippen LogP) is 2.01. The van der Waals surface area contributed by atoms with Crippen molar-refractivity contribution in [2.45, 2.75) is 33.4 Å². The fourth-order valence-electron chi connectivity index (χ4n) is 2.86. The Morgan fingerprint density at radius 2 is 2.05 bits per heavy atom. The number of nitrogen functional groups attached to an aromatic ring is 1. The third-order valence-electron chi connectivity index (χ3n) is 3.96. The molecule has 0 fully saturated rings. The van der Waals surface area contributed by atoms with Crippen LogP contribution in [-0.4, -0.2) is 39.3 Å². The first-order valence-electron chi connectivity index (χ1n) is 7.23. The van der Waals surface area contributed by atoms with E-state index in [1.807, 2.05) is 16.7 Å². The van der Waals surface area contributed by atoms with Gasteiger partial charge in [0, 0.05) is 12.6 Å². The van der Waals surface area contributed by atoms with Gasteiger partial charge < -0.3 is 15.4 Å². The molecular weight excluding hydrogens is 252 g/mol.